The van der Waals surface area contributed by atoms with E-state index < -0.39 is 23.5 Å². The molecule has 27 heavy (non-hydrogen) atoms. The van der Waals surface area contributed by atoms with Gasteiger partial charge in [-0.2, -0.15) is 0 Å². The largest absolute Gasteiger partial charge is 0.503 e. The second-order valence-corrected chi connectivity index (χ2v) is 6.55. The van der Waals surface area contributed by atoms with Crippen molar-refractivity contribution in [2.75, 3.05) is 34.3 Å². The lowest BCUT2D eigenvalue weighted by Crippen LogP contribution is -2.36. The number of Topliss-reactive ketones (excluding diaryl/α,β-unsaturated/α-hetero) is 1. The standard InChI is InChI=1S/C20H22N2O5/c1-21(2)9-10-22-17(13-6-4-7-14(12-13)26-3)16(19(24)20(22)25)18(23)15-8-5-11-27-15/h4-8,11-12,17,24H,9-10H2,1-3H3. The average Bonchev–Trinajstić information content (AvgIpc) is 3.28. The van der Waals surface area contributed by atoms with Gasteiger partial charge in [0.15, 0.2) is 11.5 Å². The van der Waals surface area contributed by atoms with Crippen molar-refractivity contribution in [2.45, 2.75) is 6.04 Å². The molecule has 1 unspecified atom stereocenters. The molecule has 0 aliphatic carbocycles. The summed E-state index contributed by atoms with van der Waals surface area (Å²) in [4.78, 5) is 29.1. The number of hydrogen-bond donors (Lipinski definition) is 1. The second-order valence-electron chi connectivity index (χ2n) is 6.55. The molecule has 3 rings (SSSR count). The number of furan rings is 1. The van der Waals surface area contributed by atoms with Gasteiger partial charge in [0, 0.05) is 13.1 Å². The zero-order chi connectivity index (χ0) is 19.6. The molecule has 2 heterocycles. The number of benzene rings is 1. The smallest absolute Gasteiger partial charge is 0.290 e. The molecule has 142 valence electrons. The second kappa shape index (κ2) is 7.67. The Kier molecular flexibility index (Phi) is 5.32. The molecule has 0 fully saturated rings. The normalized spacial score (nSPS) is 17.1. The van der Waals surface area contributed by atoms with Crippen LogP contribution in [0.4, 0.5) is 0 Å². The predicted molar refractivity (Wildman–Crippen MR) is 98.7 cm³/mol. The van der Waals surface area contributed by atoms with Gasteiger partial charge >= 0.3 is 0 Å². The molecular formula is C20H22N2O5. The summed E-state index contributed by atoms with van der Waals surface area (Å²) >= 11 is 0. The van der Waals surface area contributed by atoms with E-state index >= 15 is 0 Å². The number of ether oxygens (including phenoxy) is 1. The van der Waals surface area contributed by atoms with E-state index in [1.807, 2.05) is 19.0 Å². The predicted octanol–water partition coefficient (Wildman–Crippen LogP) is 2.43. The van der Waals surface area contributed by atoms with Crippen LogP contribution in [0.15, 0.2) is 58.4 Å². The fourth-order valence-electron chi connectivity index (χ4n) is 3.12. The number of aliphatic hydroxyl groups excluding tert-OH is 1. The minimum absolute atomic E-state index is 0.0157. The first-order valence-electron chi connectivity index (χ1n) is 8.55. The molecule has 0 saturated carbocycles. The quantitative estimate of drug-likeness (QED) is 0.754. The zero-order valence-electron chi connectivity index (χ0n) is 15.5. The highest BCUT2D eigenvalue weighted by molar-refractivity contribution is 6.15. The van der Waals surface area contributed by atoms with Crippen molar-refractivity contribution in [3.8, 4) is 5.75 Å². The number of carbonyl (C=O) groups excluding carboxylic acids is 2. The van der Waals surface area contributed by atoms with Crippen LogP contribution in [0.2, 0.25) is 0 Å². The van der Waals surface area contributed by atoms with Crippen molar-refractivity contribution >= 4 is 11.7 Å². The lowest BCUT2D eigenvalue weighted by Gasteiger charge is -2.28. The molecule has 1 atom stereocenters. The van der Waals surface area contributed by atoms with Gasteiger partial charge in [-0.15, -0.1) is 0 Å². The lowest BCUT2D eigenvalue weighted by atomic mass is 9.95. The SMILES string of the molecule is COc1cccc(C2C(C(=O)c3ccco3)=C(O)C(=O)N2CCN(C)C)c1. The number of amides is 1. The minimum Gasteiger partial charge on any atom is -0.503 e. The van der Waals surface area contributed by atoms with Crippen LogP contribution in [0.3, 0.4) is 0 Å². The summed E-state index contributed by atoms with van der Waals surface area (Å²) in [6.07, 6.45) is 1.38. The summed E-state index contributed by atoms with van der Waals surface area (Å²) in [6.45, 7) is 0.939. The van der Waals surface area contributed by atoms with Gasteiger partial charge in [-0.25, -0.2) is 0 Å². The van der Waals surface area contributed by atoms with Gasteiger partial charge in [-0.1, -0.05) is 12.1 Å². The van der Waals surface area contributed by atoms with E-state index in [-0.39, 0.29) is 11.3 Å². The highest BCUT2D eigenvalue weighted by atomic mass is 16.5. The average molecular weight is 370 g/mol. The highest BCUT2D eigenvalue weighted by Gasteiger charge is 2.44. The van der Waals surface area contributed by atoms with Crippen LogP contribution in [-0.4, -0.2) is 60.9 Å². The summed E-state index contributed by atoms with van der Waals surface area (Å²) in [5.41, 5.74) is 0.697. The molecule has 1 aromatic carbocycles. The van der Waals surface area contributed by atoms with Crippen LogP contribution < -0.4 is 4.74 Å². The third kappa shape index (κ3) is 3.59. The third-order valence-electron chi connectivity index (χ3n) is 4.49. The topological polar surface area (TPSA) is 83.2 Å². The van der Waals surface area contributed by atoms with Gasteiger partial charge in [0.05, 0.1) is 25.0 Å². The molecule has 1 aromatic heterocycles. The monoisotopic (exact) mass is 370 g/mol. The van der Waals surface area contributed by atoms with Crippen molar-refractivity contribution in [3.63, 3.8) is 0 Å². The molecule has 7 nitrogen and oxygen atoms in total. The first kappa shape index (κ1) is 18.7. The van der Waals surface area contributed by atoms with Crippen molar-refractivity contribution in [1.82, 2.24) is 9.80 Å². The van der Waals surface area contributed by atoms with E-state index in [0.717, 1.165) is 0 Å². The zero-order valence-corrected chi connectivity index (χ0v) is 15.5. The number of likely N-dealkylation sites (N-methyl/N-ethyl adjacent to an activating group) is 1. The Morgan fingerprint density at radius 3 is 2.70 bits per heavy atom. The Balaban J connectivity index is 2.07. The number of aliphatic hydroxyl groups is 1. The molecule has 1 aliphatic rings. The number of hydrogen-bond acceptors (Lipinski definition) is 6. The van der Waals surface area contributed by atoms with Gasteiger partial charge in [-0.3, -0.25) is 9.59 Å². The molecule has 0 saturated heterocycles. The molecule has 0 spiro atoms. The number of nitrogens with zero attached hydrogens (tertiary/aromatic N) is 2. The Morgan fingerprint density at radius 1 is 1.30 bits per heavy atom. The van der Waals surface area contributed by atoms with Crippen LogP contribution in [0.5, 0.6) is 5.75 Å². The van der Waals surface area contributed by atoms with Gasteiger partial charge in [0.1, 0.15) is 5.75 Å². The van der Waals surface area contributed by atoms with Crippen molar-refractivity contribution in [2.24, 2.45) is 0 Å². The number of rotatable bonds is 7. The Morgan fingerprint density at radius 2 is 2.07 bits per heavy atom. The molecule has 7 heteroatoms. The van der Waals surface area contributed by atoms with Gasteiger partial charge in [0.2, 0.25) is 5.78 Å². The summed E-state index contributed by atoms with van der Waals surface area (Å²) in [5.74, 6) is -0.941. The van der Waals surface area contributed by atoms with Crippen LogP contribution in [0.1, 0.15) is 22.2 Å². The maximum atomic E-state index is 13.0. The van der Waals surface area contributed by atoms with Crippen LogP contribution in [-0.2, 0) is 4.79 Å². The Labute approximate surface area is 157 Å². The number of ketones is 1. The van der Waals surface area contributed by atoms with Crippen LogP contribution >= 0.6 is 0 Å². The molecular weight excluding hydrogens is 348 g/mol. The Hall–Kier alpha value is -3.06. The van der Waals surface area contributed by atoms with E-state index in [9.17, 15) is 14.7 Å². The van der Waals surface area contributed by atoms with E-state index in [0.29, 0.717) is 24.4 Å². The summed E-state index contributed by atoms with van der Waals surface area (Å²) in [6, 6.07) is 9.51. The van der Waals surface area contributed by atoms with E-state index in [2.05, 4.69) is 0 Å². The number of methoxy groups -OCH3 is 1. The van der Waals surface area contributed by atoms with Crippen molar-refractivity contribution in [3.05, 3.63) is 65.3 Å². The third-order valence-corrected chi connectivity index (χ3v) is 4.49. The van der Waals surface area contributed by atoms with E-state index in [1.54, 1.807) is 37.4 Å². The van der Waals surface area contributed by atoms with Crippen LogP contribution in [0, 0.1) is 0 Å². The molecule has 1 aliphatic heterocycles. The Bertz CT molecular complexity index is 870. The van der Waals surface area contributed by atoms with Gasteiger partial charge in [0.25, 0.3) is 5.91 Å². The molecule has 0 bridgehead atoms. The first-order chi connectivity index (χ1) is 12.9. The summed E-state index contributed by atoms with van der Waals surface area (Å²) < 4.78 is 10.5. The summed E-state index contributed by atoms with van der Waals surface area (Å²) in [5, 5.41) is 10.5. The van der Waals surface area contributed by atoms with Gasteiger partial charge in [-0.05, 0) is 43.9 Å². The summed E-state index contributed by atoms with van der Waals surface area (Å²) in [7, 11) is 5.33. The maximum Gasteiger partial charge on any atom is 0.290 e. The fraction of sp³-hybridized carbons (Fsp3) is 0.300. The molecule has 1 amide bonds. The lowest BCUT2D eigenvalue weighted by molar-refractivity contribution is -0.129. The molecule has 1 N–H and O–H groups in total. The van der Waals surface area contributed by atoms with Gasteiger partial charge < -0.3 is 24.1 Å². The fourth-order valence-corrected chi connectivity index (χ4v) is 3.12. The minimum atomic E-state index is -0.717. The van der Waals surface area contributed by atoms with E-state index in [4.69, 9.17) is 9.15 Å². The maximum absolute atomic E-state index is 13.0. The van der Waals surface area contributed by atoms with E-state index in [1.165, 1.54) is 17.2 Å². The van der Waals surface area contributed by atoms with Crippen molar-refractivity contribution < 1.29 is 23.8 Å². The highest BCUT2D eigenvalue weighted by Crippen LogP contribution is 2.39. The first-order valence-corrected chi connectivity index (χ1v) is 8.55. The van der Waals surface area contributed by atoms with Crippen molar-refractivity contribution in [1.29, 1.82) is 0 Å². The number of carbonyl (C=O) groups is 2. The molecule has 2 aromatic rings. The van der Waals surface area contributed by atoms with Crippen LogP contribution in [0.25, 0.3) is 0 Å². The molecule has 0 radical (unpaired) electrons.